The predicted octanol–water partition coefficient (Wildman–Crippen LogP) is 2.99. The normalized spacial score (nSPS) is 28.9. The van der Waals surface area contributed by atoms with Gasteiger partial charge in [0.15, 0.2) is 5.78 Å². The van der Waals surface area contributed by atoms with Gasteiger partial charge in [-0.25, -0.2) is 0 Å². The van der Waals surface area contributed by atoms with Crippen LogP contribution in [-0.2, 0) is 4.74 Å². The summed E-state index contributed by atoms with van der Waals surface area (Å²) in [6.07, 6.45) is 7.07. The van der Waals surface area contributed by atoms with Gasteiger partial charge in [-0.15, -0.1) is 0 Å². The maximum absolute atomic E-state index is 12.8. The minimum atomic E-state index is 0.0533. The lowest BCUT2D eigenvalue weighted by molar-refractivity contribution is 0.0744. The molecule has 1 aromatic heterocycles. The molecule has 19 heavy (non-hydrogen) atoms. The predicted molar refractivity (Wildman–Crippen MR) is 72.1 cm³/mol. The van der Waals surface area contributed by atoms with Crippen LogP contribution in [0.15, 0.2) is 36.7 Å². The third-order valence-corrected chi connectivity index (χ3v) is 4.39. The van der Waals surface area contributed by atoms with Crippen molar-refractivity contribution in [2.24, 2.45) is 5.92 Å². The fraction of sp³-hybridized carbons (Fsp3) is 0.375. The Labute approximate surface area is 111 Å². The summed E-state index contributed by atoms with van der Waals surface area (Å²) in [5, 5.41) is 2.03. The van der Waals surface area contributed by atoms with Gasteiger partial charge in [-0.3, -0.25) is 9.78 Å². The van der Waals surface area contributed by atoms with Crippen LogP contribution < -0.4 is 0 Å². The van der Waals surface area contributed by atoms with Crippen molar-refractivity contribution < 1.29 is 9.53 Å². The molecule has 96 valence electrons. The molecule has 2 saturated heterocycles. The molecular weight excluding hydrogens is 238 g/mol. The van der Waals surface area contributed by atoms with Crippen LogP contribution in [0.5, 0.6) is 0 Å². The second kappa shape index (κ2) is 4.14. The van der Waals surface area contributed by atoms with E-state index in [2.05, 4.69) is 4.98 Å². The molecule has 2 aliphatic heterocycles. The number of benzene rings is 1. The summed E-state index contributed by atoms with van der Waals surface area (Å²) in [4.78, 5) is 16.9. The smallest absolute Gasteiger partial charge is 0.169 e. The van der Waals surface area contributed by atoms with Gasteiger partial charge < -0.3 is 4.74 Å². The zero-order valence-electron chi connectivity index (χ0n) is 10.6. The number of fused-ring (bicyclic) bond motifs is 3. The lowest BCUT2D eigenvalue weighted by Gasteiger charge is -2.18. The number of hydrogen-bond acceptors (Lipinski definition) is 3. The molecule has 3 heterocycles. The first-order valence-electron chi connectivity index (χ1n) is 6.85. The van der Waals surface area contributed by atoms with Gasteiger partial charge in [-0.2, -0.15) is 0 Å². The molecule has 1 aromatic carbocycles. The molecule has 0 spiro atoms. The number of carbonyl (C=O) groups is 1. The topological polar surface area (TPSA) is 39.2 Å². The lowest BCUT2D eigenvalue weighted by Crippen LogP contribution is -2.25. The number of rotatable bonds is 2. The van der Waals surface area contributed by atoms with Crippen LogP contribution in [0.2, 0.25) is 0 Å². The highest BCUT2D eigenvalue weighted by atomic mass is 16.5. The molecule has 0 saturated carbocycles. The second-order valence-corrected chi connectivity index (χ2v) is 5.48. The van der Waals surface area contributed by atoms with Crippen molar-refractivity contribution in [3.8, 4) is 0 Å². The Morgan fingerprint density at radius 3 is 3.00 bits per heavy atom. The summed E-state index contributed by atoms with van der Waals surface area (Å²) in [6.45, 7) is 0. The molecule has 3 heteroatoms. The van der Waals surface area contributed by atoms with Crippen LogP contribution in [-0.4, -0.2) is 23.0 Å². The van der Waals surface area contributed by atoms with Gasteiger partial charge in [0.25, 0.3) is 0 Å². The highest BCUT2D eigenvalue weighted by Gasteiger charge is 2.44. The summed E-state index contributed by atoms with van der Waals surface area (Å²) >= 11 is 0. The van der Waals surface area contributed by atoms with E-state index in [0.717, 1.165) is 35.6 Å². The van der Waals surface area contributed by atoms with Crippen molar-refractivity contribution in [2.45, 2.75) is 31.5 Å². The number of ether oxygens (including phenoxy) is 1. The Balaban J connectivity index is 1.76. The Hall–Kier alpha value is -1.74. The molecule has 2 fully saturated rings. The van der Waals surface area contributed by atoms with Crippen LogP contribution in [0.25, 0.3) is 10.8 Å². The fourth-order valence-corrected chi connectivity index (χ4v) is 3.45. The zero-order chi connectivity index (χ0) is 12.8. The molecular formula is C16H15NO2. The van der Waals surface area contributed by atoms with E-state index in [-0.39, 0.29) is 17.8 Å². The summed E-state index contributed by atoms with van der Waals surface area (Å²) < 4.78 is 5.81. The molecule has 2 aliphatic rings. The monoisotopic (exact) mass is 253 g/mol. The highest BCUT2D eigenvalue weighted by molar-refractivity contribution is 6.09. The molecule has 0 aliphatic carbocycles. The summed E-state index contributed by atoms with van der Waals surface area (Å²) in [6, 6.07) is 7.79. The van der Waals surface area contributed by atoms with Gasteiger partial charge in [0, 0.05) is 23.3 Å². The molecule has 2 aromatic rings. The quantitative estimate of drug-likeness (QED) is 0.772. The zero-order valence-corrected chi connectivity index (χ0v) is 10.6. The molecule has 4 rings (SSSR count). The van der Waals surface area contributed by atoms with E-state index in [4.69, 9.17) is 4.74 Å². The first-order valence-corrected chi connectivity index (χ1v) is 6.85. The number of carbonyl (C=O) groups excluding carboxylic acids is 1. The van der Waals surface area contributed by atoms with Crippen LogP contribution in [0, 0.1) is 5.92 Å². The third-order valence-electron chi connectivity index (χ3n) is 4.39. The number of aromatic nitrogens is 1. The number of hydrogen-bond donors (Lipinski definition) is 0. The van der Waals surface area contributed by atoms with E-state index in [1.807, 2.05) is 30.5 Å². The average Bonchev–Trinajstić information content (AvgIpc) is 3.08. The van der Waals surface area contributed by atoms with Gasteiger partial charge in [0.05, 0.1) is 18.1 Å². The Morgan fingerprint density at radius 2 is 2.21 bits per heavy atom. The van der Waals surface area contributed by atoms with Crippen molar-refractivity contribution in [1.29, 1.82) is 0 Å². The van der Waals surface area contributed by atoms with Crippen molar-refractivity contribution in [2.75, 3.05) is 0 Å². The molecule has 3 unspecified atom stereocenters. The van der Waals surface area contributed by atoms with Gasteiger partial charge in [0.2, 0.25) is 0 Å². The number of ketones is 1. The maximum Gasteiger partial charge on any atom is 0.169 e. The summed E-state index contributed by atoms with van der Waals surface area (Å²) in [5.74, 6) is 0.293. The molecule has 3 nitrogen and oxygen atoms in total. The standard InChI is InChI=1S/C16H15NO2/c18-16(14-8-11-4-5-15(14)19-11)13-3-1-2-10-9-17-7-6-12(10)13/h1-3,6-7,9,11,14-15H,4-5,8H2. The molecule has 2 bridgehead atoms. The highest BCUT2D eigenvalue weighted by Crippen LogP contribution is 2.40. The minimum absolute atomic E-state index is 0.0533. The third kappa shape index (κ3) is 1.69. The van der Waals surface area contributed by atoms with Gasteiger partial charge in [0.1, 0.15) is 0 Å². The van der Waals surface area contributed by atoms with E-state index in [1.165, 1.54) is 0 Å². The van der Waals surface area contributed by atoms with Gasteiger partial charge in [-0.05, 0) is 30.7 Å². The van der Waals surface area contributed by atoms with Crippen LogP contribution in [0.3, 0.4) is 0 Å². The van der Waals surface area contributed by atoms with Crippen LogP contribution >= 0.6 is 0 Å². The van der Waals surface area contributed by atoms with Crippen LogP contribution in [0.1, 0.15) is 29.6 Å². The molecule has 0 N–H and O–H groups in total. The van der Waals surface area contributed by atoms with E-state index in [9.17, 15) is 4.79 Å². The number of nitrogens with zero attached hydrogens (tertiary/aromatic N) is 1. The van der Waals surface area contributed by atoms with Gasteiger partial charge in [-0.1, -0.05) is 18.2 Å². The molecule has 0 radical (unpaired) electrons. The minimum Gasteiger partial charge on any atom is -0.374 e. The fourth-order valence-electron chi connectivity index (χ4n) is 3.45. The Morgan fingerprint density at radius 1 is 1.26 bits per heavy atom. The van der Waals surface area contributed by atoms with Crippen molar-refractivity contribution in [3.63, 3.8) is 0 Å². The number of Topliss-reactive ketones (excluding diaryl/α,β-unsaturated/α-hetero) is 1. The average molecular weight is 253 g/mol. The first-order chi connectivity index (χ1) is 9.33. The van der Waals surface area contributed by atoms with Crippen molar-refractivity contribution in [3.05, 3.63) is 42.2 Å². The SMILES string of the molecule is O=C(c1cccc2cnccc12)C1CC2CCC1O2. The summed E-state index contributed by atoms with van der Waals surface area (Å²) in [7, 11) is 0. The maximum atomic E-state index is 12.8. The Bertz CT molecular complexity index is 647. The Kier molecular flexibility index (Phi) is 2.42. The lowest BCUT2D eigenvalue weighted by atomic mass is 9.83. The van der Waals surface area contributed by atoms with Crippen LogP contribution in [0.4, 0.5) is 0 Å². The van der Waals surface area contributed by atoms with E-state index in [1.54, 1.807) is 6.20 Å². The van der Waals surface area contributed by atoms with Gasteiger partial charge >= 0.3 is 0 Å². The molecule has 0 amide bonds. The van der Waals surface area contributed by atoms with Crippen molar-refractivity contribution in [1.82, 2.24) is 4.98 Å². The van der Waals surface area contributed by atoms with Crippen molar-refractivity contribution >= 4 is 16.6 Å². The largest absolute Gasteiger partial charge is 0.374 e. The number of pyridine rings is 1. The van der Waals surface area contributed by atoms with E-state index in [0.29, 0.717) is 6.10 Å². The van der Waals surface area contributed by atoms with E-state index >= 15 is 0 Å². The first kappa shape index (κ1) is 11.1. The summed E-state index contributed by atoms with van der Waals surface area (Å²) in [5.41, 5.74) is 0.820. The molecule has 3 atom stereocenters. The van der Waals surface area contributed by atoms with E-state index < -0.39 is 0 Å². The second-order valence-electron chi connectivity index (χ2n) is 5.48.